The van der Waals surface area contributed by atoms with E-state index < -0.39 is 42.8 Å². The van der Waals surface area contributed by atoms with Crippen molar-refractivity contribution in [3.05, 3.63) is 136 Å². The molecule has 426 valence electrons. The molecular weight excluding hydrogens is 1100 g/mol. The number of unbranched alkanes of at least 4 members (excludes halogenated alkanes) is 2. The van der Waals surface area contributed by atoms with Crippen LogP contribution < -0.4 is 15.5 Å². The lowest BCUT2D eigenvalue weighted by Crippen LogP contribution is -2.36. The fourth-order valence-corrected chi connectivity index (χ4v) is 13.1. The zero-order valence-electron chi connectivity index (χ0n) is 45.7. The molecule has 4 aliphatic rings. The highest BCUT2D eigenvalue weighted by Crippen LogP contribution is 2.48. The molecule has 24 heteroatoms. The van der Waals surface area contributed by atoms with Gasteiger partial charge in [0.05, 0.1) is 56.5 Å². The maximum absolute atomic E-state index is 15.2. The fraction of sp³-hybridized carbons (Fsp3) is 0.404. The number of thiazole rings is 1. The summed E-state index contributed by atoms with van der Waals surface area (Å²) < 4.78 is 88.8. The number of likely N-dealkylation sites (tertiary alicyclic amines) is 1. The van der Waals surface area contributed by atoms with Gasteiger partial charge < -0.3 is 29.9 Å². The standard InChI is InChI=1S/C57H64FN11O9S3/c1-6-67-47-22-19-40(80(73,74)75)31-43(47)56(2,3)50(67)15-9-7-10-16-51-57(4,5)44-32-41(81(76,77)78)20-23-48(44)68(51)27-12-8-11-17-52(70)60-26-13-14-38-34-69(64-63-38)39-18-21-45(58)42(30-39)54(72)66-29-25-46-49(35-66)79-55(61-46)62-53(71)37-24-28-65(33-37)36-59/h7,9-10,15-16,18-23,30-32,34,37H,6,8,11-14,17,24-29,33,35H2,1-5H3,(H3-,60,61,62,70,71,73,74,75,76,77,78)/t37-/m1/s1. The second-order valence-electron chi connectivity index (χ2n) is 21.6. The topological polar surface area (TPSA) is 267 Å². The number of nitriles is 1. The number of aromatic nitrogens is 4. The average Bonchev–Trinajstić information content (AvgIpc) is 4.34. The Bertz CT molecular complexity index is 3710. The van der Waals surface area contributed by atoms with Gasteiger partial charge >= 0.3 is 0 Å². The largest absolute Gasteiger partial charge is 0.744 e. The van der Waals surface area contributed by atoms with E-state index in [-0.39, 0.29) is 39.6 Å². The molecule has 6 heterocycles. The second kappa shape index (κ2) is 23.6. The van der Waals surface area contributed by atoms with Gasteiger partial charge in [0.1, 0.15) is 22.5 Å². The Hall–Kier alpha value is -7.43. The SMILES string of the molecule is CCN1/C(=C/C=C/C=C/C2=[N+](CCCCCC(=O)NCCCc3cn(-c4ccc(F)c(C(=O)N5CCc6nc(NC(=O)[C@@H]7CCN(C#N)C7)sc6C5)c4)nn3)c3ccc(S(=O)(=O)O)cc3C2(C)C)C(C)(C)c2cc(S(=O)(=O)[O-])ccc21. The highest BCUT2D eigenvalue weighted by atomic mass is 32.2. The van der Waals surface area contributed by atoms with Crippen molar-refractivity contribution in [1.29, 1.82) is 5.26 Å². The Morgan fingerprint density at radius 1 is 0.963 bits per heavy atom. The molecule has 4 aliphatic heterocycles. The molecule has 2 aromatic heterocycles. The van der Waals surface area contributed by atoms with Crippen molar-refractivity contribution < 1.29 is 49.3 Å². The normalized spacial score (nSPS) is 18.0. The smallest absolute Gasteiger partial charge is 0.294 e. The van der Waals surface area contributed by atoms with E-state index in [4.69, 9.17) is 5.26 Å². The number of amides is 3. The van der Waals surface area contributed by atoms with E-state index in [1.807, 2.05) is 65.0 Å². The number of carbonyl (C=O) groups is 3. The number of benzene rings is 3. The molecule has 0 unspecified atom stereocenters. The van der Waals surface area contributed by atoms with E-state index in [2.05, 4.69) is 41.6 Å². The lowest BCUT2D eigenvalue weighted by molar-refractivity contribution is -0.438. The van der Waals surface area contributed by atoms with Gasteiger partial charge in [-0.1, -0.05) is 48.6 Å². The van der Waals surface area contributed by atoms with E-state index in [0.29, 0.717) is 94.3 Å². The van der Waals surface area contributed by atoms with Crippen LogP contribution in [0.1, 0.15) is 111 Å². The molecule has 20 nitrogen and oxygen atoms in total. The number of nitrogens with one attached hydrogen (secondary N) is 2. The van der Waals surface area contributed by atoms with Gasteiger partial charge in [0.2, 0.25) is 17.5 Å². The molecule has 3 amide bonds. The molecular formula is C57H64FN11O9S3. The minimum absolute atomic E-state index is 0.0857. The van der Waals surface area contributed by atoms with Gasteiger partial charge in [0.25, 0.3) is 16.0 Å². The van der Waals surface area contributed by atoms with Crippen LogP contribution in [0, 0.1) is 23.2 Å². The van der Waals surface area contributed by atoms with Crippen molar-refractivity contribution >= 4 is 71.5 Å². The number of rotatable bonds is 20. The first-order valence-electron chi connectivity index (χ1n) is 26.9. The quantitative estimate of drug-likeness (QED) is 0.0225. The van der Waals surface area contributed by atoms with Gasteiger partial charge in [-0.25, -0.2) is 22.5 Å². The van der Waals surface area contributed by atoms with Crippen molar-refractivity contribution in [1.82, 2.24) is 35.1 Å². The number of likely N-dealkylation sites (N-methyl/N-ethyl adjacent to an activating group) is 1. The zero-order valence-corrected chi connectivity index (χ0v) is 48.1. The Labute approximate surface area is 474 Å². The maximum Gasteiger partial charge on any atom is 0.294 e. The van der Waals surface area contributed by atoms with E-state index in [1.54, 1.807) is 28.1 Å². The van der Waals surface area contributed by atoms with Crippen LogP contribution in [0.15, 0.2) is 107 Å². The monoisotopic (exact) mass is 1160 g/mol. The molecule has 9 rings (SSSR count). The van der Waals surface area contributed by atoms with Crippen molar-refractivity contribution in [3.63, 3.8) is 0 Å². The first-order valence-corrected chi connectivity index (χ1v) is 30.6. The van der Waals surface area contributed by atoms with Crippen molar-refractivity contribution in [3.8, 4) is 11.9 Å². The fourth-order valence-electron chi connectivity index (χ4n) is 11.1. The number of hydrogen-bond acceptors (Lipinski definition) is 15. The minimum atomic E-state index is -4.63. The highest BCUT2D eigenvalue weighted by molar-refractivity contribution is 7.86. The summed E-state index contributed by atoms with van der Waals surface area (Å²) >= 11 is 1.28. The van der Waals surface area contributed by atoms with Gasteiger partial charge in [-0.3, -0.25) is 18.9 Å². The zero-order chi connectivity index (χ0) is 58.0. The average molecular weight is 1160 g/mol. The highest BCUT2D eigenvalue weighted by Gasteiger charge is 2.45. The molecule has 0 radical (unpaired) electrons. The number of fused-ring (bicyclic) bond motifs is 3. The summed E-state index contributed by atoms with van der Waals surface area (Å²) in [5.74, 6) is -1.75. The number of anilines is 2. The van der Waals surface area contributed by atoms with Crippen LogP contribution in [-0.2, 0) is 60.0 Å². The van der Waals surface area contributed by atoms with E-state index in [0.717, 1.165) is 57.3 Å². The number of hydrogen-bond donors (Lipinski definition) is 3. The van der Waals surface area contributed by atoms with Crippen LogP contribution in [0.3, 0.4) is 0 Å². The van der Waals surface area contributed by atoms with Gasteiger partial charge in [0.15, 0.2) is 17.0 Å². The summed E-state index contributed by atoms with van der Waals surface area (Å²) in [5.41, 5.74) is 5.51. The summed E-state index contributed by atoms with van der Waals surface area (Å²) in [6.07, 6.45) is 18.0. The van der Waals surface area contributed by atoms with E-state index in [1.165, 1.54) is 58.5 Å². The van der Waals surface area contributed by atoms with E-state index in [9.17, 15) is 40.3 Å². The molecule has 1 atom stereocenters. The Morgan fingerprint density at radius 2 is 1.74 bits per heavy atom. The molecule has 1 saturated heterocycles. The molecule has 1 fully saturated rings. The summed E-state index contributed by atoms with van der Waals surface area (Å²) in [6, 6.07) is 13.3. The van der Waals surface area contributed by atoms with Gasteiger partial charge in [-0.15, -0.1) is 5.10 Å². The molecule has 3 N–H and O–H groups in total. The molecule has 0 bridgehead atoms. The first kappa shape index (κ1) is 58.2. The Kier molecular flexibility index (Phi) is 16.9. The summed E-state index contributed by atoms with van der Waals surface area (Å²) in [6.45, 7) is 13.0. The second-order valence-corrected chi connectivity index (χ2v) is 25.5. The number of halogens is 1. The van der Waals surface area contributed by atoms with Crippen LogP contribution in [0.25, 0.3) is 5.69 Å². The van der Waals surface area contributed by atoms with Gasteiger partial charge in [0, 0.05) is 91.4 Å². The van der Waals surface area contributed by atoms with Gasteiger partial charge in [-0.05, 0) is 113 Å². The molecule has 0 saturated carbocycles. The third-order valence-electron chi connectivity index (χ3n) is 15.5. The molecule has 0 aliphatic carbocycles. The van der Waals surface area contributed by atoms with Crippen LogP contribution in [0.5, 0.6) is 0 Å². The third kappa shape index (κ3) is 12.6. The number of carbonyl (C=O) groups excluding carboxylic acids is 3. The van der Waals surface area contributed by atoms with Crippen LogP contribution >= 0.6 is 11.3 Å². The van der Waals surface area contributed by atoms with Crippen LogP contribution in [0.2, 0.25) is 0 Å². The summed E-state index contributed by atoms with van der Waals surface area (Å²) in [4.78, 5) is 49.6. The van der Waals surface area contributed by atoms with E-state index >= 15 is 4.39 Å². The van der Waals surface area contributed by atoms with Crippen molar-refractivity contribution in [2.45, 2.75) is 113 Å². The first-order chi connectivity index (χ1) is 38.5. The third-order valence-corrected chi connectivity index (χ3v) is 18.2. The Balaban J connectivity index is 0.754. The number of nitrogens with zero attached hydrogens (tertiary/aromatic N) is 9. The predicted molar refractivity (Wildman–Crippen MR) is 301 cm³/mol. The number of aryl methyl sites for hydroxylation is 1. The molecule has 0 spiro atoms. The summed E-state index contributed by atoms with van der Waals surface area (Å²) in [5, 5.41) is 23.9. The lowest BCUT2D eigenvalue weighted by atomic mass is 9.81. The van der Waals surface area contributed by atoms with Crippen LogP contribution in [0.4, 0.5) is 20.9 Å². The molecule has 3 aromatic carbocycles. The predicted octanol–water partition coefficient (Wildman–Crippen LogP) is 7.45. The lowest BCUT2D eigenvalue weighted by Gasteiger charge is -2.26. The minimum Gasteiger partial charge on any atom is -0.744 e. The van der Waals surface area contributed by atoms with Gasteiger partial charge in [-0.2, -0.15) is 18.3 Å². The van der Waals surface area contributed by atoms with Crippen molar-refractivity contribution in [2.75, 3.05) is 49.5 Å². The summed E-state index contributed by atoms with van der Waals surface area (Å²) in [7, 11) is -9.10. The van der Waals surface area contributed by atoms with Crippen molar-refractivity contribution in [2.24, 2.45) is 5.92 Å². The molecule has 81 heavy (non-hydrogen) atoms. The van der Waals surface area contributed by atoms with Crippen LogP contribution in [-0.4, -0.2) is 123 Å². The molecule has 5 aromatic rings. The Morgan fingerprint density at radius 3 is 2.48 bits per heavy atom. The number of allylic oxidation sites excluding steroid dienone is 6. The maximum atomic E-state index is 15.2.